The summed E-state index contributed by atoms with van der Waals surface area (Å²) in [4.78, 5) is 12.2. The number of carbonyl (C=O) groups is 1. The fourth-order valence-electron chi connectivity index (χ4n) is 3.42. The summed E-state index contributed by atoms with van der Waals surface area (Å²) < 4.78 is 36.9. The number of benzene rings is 1. The number of ether oxygens (including phenoxy) is 2. The highest BCUT2D eigenvalue weighted by molar-refractivity contribution is 7.92. The molecule has 0 saturated carbocycles. The number of rotatable bonds is 17. The fraction of sp³-hybridized carbons (Fsp3) is 0.708. The van der Waals surface area contributed by atoms with Gasteiger partial charge in [-0.1, -0.05) is 64.7 Å². The summed E-state index contributed by atoms with van der Waals surface area (Å²) in [5, 5.41) is 0. The Bertz CT molecular complexity index is 748. The van der Waals surface area contributed by atoms with Gasteiger partial charge in [0.25, 0.3) is 0 Å². The molecule has 0 radical (unpaired) electrons. The number of hydrogen-bond acceptors (Lipinski definition) is 5. The lowest BCUT2D eigenvalue weighted by molar-refractivity contribution is -0.149. The van der Waals surface area contributed by atoms with Crippen LogP contribution in [0.2, 0.25) is 0 Å². The van der Waals surface area contributed by atoms with Crippen molar-refractivity contribution in [1.82, 2.24) is 0 Å². The Morgan fingerprint density at radius 2 is 1.55 bits per heavy atom. The van der Waals surface area contributed by atoms with Crippen LogP contribution < -0.4 is 9.46 Å². The predicted octanol–water partition coefficient (Wildman–Crippen LogP) is 5.99. The molecule has 178 valence electrons. The molecule has 0 saturated heterocycles. The lowest BCUT2D eigenvalue weighted by atomic mass is 10.0. The molecule has 0 spiro atoms. The first-order valence-electron chi connectivity index (χ1n) is 11.7. The lowest BCUT2D eigenvalue weighted by Crippen LogP contribution is -2.28. The molecule has 1 unspecified atom stereocenters. The van der Waals surface area contributed by atoms with Gasteiger partial charge in [0.2, 0.25) is 10.0 Å². The number of esters is 1. The van der Waals surface area contributed by atoms with Crippen LogP contribution in [0.5, 0.6) is 5.75 Å². The number of carbonyl (C=O) groups excluding carboxylic acids is 1. The van der Waals surface area contributed by atoms with Crippen molar-refractivity contribution in [2.75, 3.05) is 17.6 Å². The Kier molecular flexibility index (Phi) is 13.3. The number of hydrogen-bond donors (Lipinski definition) is 1. The minimum absolute atomic E-state index is 0.00751. The van der Waals surface area contributed by atoms with Crippen LogP contribution in [0.25, 0.3) is 0 Å². The van der Waals surface area contributed by atoms with Crippen LogP contribution in [-0.4, -0.2) is 33.4 Å². The first kappa shape index (κ1) is 27.3. The second-order valence-corrected chi connectivity index (χ2v) is 10.1. The van der Waals surface area contributed by atoms with E-state index in [-0.39, 0.29) is 11.7 Å². The maximum Gasteiger partial charge on any atom is 0.347 e. The SMILES string of the molecule is CCCCCCCCCCCCC(Oc1ccc(NS(=O)(=O)CC)cc1C)C(=O)OC. The van der Waals surface area contributed by atoms with Crippen LogP contribution in [0.4, 0.5) is 5.69 Å². The van der Waals surface area contributed by atoms with E-state index in [4.69, 9.17) is 9.47 Å². The van der Waals surface area contributed by atoms with Crippen LogP contribution in [0, 0.1) is 6.92 Å². The van der Waals surface area contributed by atoms with Crippen LogP contribution >= 0.6 is 0 Å². The van der Waals surface area contributed by atoms with Gasteiger partial charge in [-0.3, -0.25) is 4.72 Å². The van der Waals surface area contributed by atoms with E-state index in [2.05, 4.69) is 11.6 Å². The first-order chi connectivity index (χ1) is 14.8. The Hall–Kier alpha value is -1.76. The molecule has 6 nitrogen and oxygen atoms in total. The minimum Gasteiger partial charge on any atom is -0.478 e. The molecule has 1 aromatic rings. The third-order valence-electron chi connectivity index (χ3n) is 5.38. The fourth-order valence-corrected chi connectivity index (χ4v) is 4.05. The summed E-state index contributed by atoms with van der Waals surface area (Å²) in [6.45, 7) is 5.65. The number of unbranched alkanes of at least 4 members (excludes halogenated alkanes) is 9. The van der Waals surface area contributed by atoms with E-state index in [0.717, 1.165) is 18.4 Å². The molecule has 1 N–H and O–H groups in total. The van der Waals surface area contributed by atoms with Crippen LogP contribution in [-0.2, 0) is 19.6 Å². The third kappa shape index (κ3) is 11.4. The first-order valence-corrected chi connectivity index (χ1v) is 13.3. The van der Waals surface area contributed by atoms with Gasteiger partial charge in [0, 0.05) is 5.69 Å². The van der Waals surface area contributed by atoms with Gasteiger partial charge in [-0.25, -0.2) is 13.2 Å². The molecule has 31 heavy (non-hydrogen) atoms. The average molecular weight is 456 g/mol. The van der Waals surface area contributed by atoms with E-state index < -0.39 is 16.1 Å². The molecule has 1 aromatic carbocycles. The number of methoxy groups -OCH3 is 1. The van der Waals surface area contributed by atoms with Crippen LogP contribution in [0.3, 0.4) is 0 Å². The van der Waals surface area contributed by atoms with Crippen molar-refractivity contribution >= 4 is 21.7 Å². The smallest absolute Gasteiger partial charge is 0.347 e. The molecular formula is C24H41NO5S. The maximum absolute atomic E-state index is 12.2. The molecule has 0 aliphatic rings. The standard InChI is InChI=1S/C24H41NO5S/c1-5-7-8-9-10-11-12-13-14-15-16-23(24(26)29-4)30-22-18-17-21(19-20(22)3)25-31(27,28)6-2/h17-19,23,25H,5-16H2,1-4H3. The number of sulfonamides is 1. The molecule has 0 aromatic heterocycles. The molecule has 0 aliphatic heterocycles. The van der Waals surface area contributed by atoms with Crippen molar-refractivity contribution < 1.29 is 22.7 Å². The molecule has 1 atom stereocenters. The largest absolute Gasteiger partial charge is 0.478 e. The van der Waals surface area contributed by atoms with E-state index in [0.29, 0.717) is 17.9 Å². The van der Waals surface area contributed by atoms with Gasteiger partial charge in [-0.15, -0.1) is 0 Å². The second-order valence-electron chi connectivity index (χ2n) is 8.09. The van der Waals surface area contributed by atoms with E-state index in [1.54, 1.807) is 25.1 Å². The zero-order chi connectivity index (χ0) is 23.1. The molecule has 0 amide bonds. The number of anilines is 1. The summed E-state index contributed by atoms with van der Waals surface area (Å²) >= 11 is 0. The van der Waals surface area contributed by atoms with E-state index in [9.17, 15) is 13.2 Å². The molecule has 0 fully saturated rings. The van der Waals surface area contributed by atoms with Crippen molar-refractivity contribution in [1.29, 1.82) is 0 Å². The van der Waals surface area contributed by atoms with Crippen LogP contribution in [0.15, 0.2) is 18.2 Å². The zero-order valence-corrected chi connectivity index (χ0v) is 20.6. The van der Waals surface area contributed by atoms with Crippen molar-refractivity contribution in [2.24, 2.45) is 0 Å². The summed E-state index contributed by atoms with van der Waals surface area (Å²) in [6, 6.07) is 5.04. The topological polar surface area (TPSA) is 81.7 Å². The summed E-state index contributed by atoms with van der Waals surface area (Å²) in [6.07, 6.45) is 12.2. The molecule has 0 bridgehead atoms. The van der Waals surface area contributed by atoms with Gasteiger partial charge in [-0.05, 0) is 50.5 Å². The van der Waals surface area contributed by atoms with Gasteiger partial charge in [-0.2, -0.15) is 0 Å². The highest BCUT2D eigenvalue weighted by Gasteiger charge is 2.21. The summed E-state index contributed by atoms with van der Waals surface area (Å²) in [5.41, 5.74) is 1.24. The average Bonchev–Trinajstić information content (AvgIpc) is 2.74. The van der Waals surface area contributed by atoms with E-state index in [1.807, 2.05) is 6.92 Å². The summed E-state index contributed by atoms with van der Waals surface area (Å²) in [5.74, 6) is 0.182. The van der Waals surface area contributed by atoms with Gasteiger partial charge < -0.3 is 9.47 Å². The Morgan fingerprint density at radius 3 is 2.06 bits per heavy atom. The summed E-state index contributed by atoms with van der Waals surface area (Å²) in [7, 11) is -1.97. The van der Waals surface area contributed by atoms with Gasteiger partial charge in [0.15, 0.2) is 6.10 Å². The third-order valence-corrected chi connectivity index (χ3v) is 6.69. The Morgan fingerprint density at radius 1 is 0.968 bits per heavy atom. The number of aryl methyl sites for hydroxylation is 1. The second kappa shape index (κ2) is 15.1. The normalized spacial score (nSPS) is 12.4. The molecular weight excluding hydrogens is 414 g/mol. The monoisotopic (exact) mass is 455 g/mol. The van der Waals surface area contributed by atoms with E-state index >= 15 is 0 Å². The van der Waals surface area contributed by atoms with Gasteiger partial charge >= 0.3 is 5.97 Å². The molecule has 7 heteroatoms. The van der Waals surface area contributed by atoms with Crippen molar-refractivity contribution in [3.8, 4) is 5.75 Å². The highest BCUT2D eigenvalue weighted by atomic mass is 32.2. The molecule has 1 rings (SSSR count). The highest BCUT2D eigenvalue weighted by Crippen LogP contribution is 2.25. The van der Waals surface area contributed by atoms with Crippen molar-refractivity contribution in [3.05, 3.63) is 23.8 Å². The minimum atomic E-state index is -3.34. The lowest BCUT2D eigenvalue weighted by Gasteiger charge is -2.19. The molecule has 0 heterocycles. The molecule has 0 aliphatic carbocycles. The van der Waals surface area contributed by atoms with Crippen molar-refractivity contribution in [2.45, 2.75) is 97.5 Å². The van der Waals surface area contributed by atoms with Crippen molar-refractivity contribution in [3.63, 3.8) is 0 Å². The maximum atomic E-state index is 12.2. The quantitative estimate of drug-likeness (QED) is 0.230. The zero-order valence-electron chi connectivity index (χ0n) is 19.7. The Labute approximate surface area is 189 Å². The Balaban J connectivity index is 2.48. The predicted molar refractivity (Wildman–Crippen MR) is 127 cm³/mol. The van der Waals surface area contributed by atoms with Crippen LogP contribution in [0.1, 0.15) is 90.0 Å². The number of nitrogens with one attached hydrogen (secondary N) is 1. The van der Waals surface area contributed by atoms with E-state index in [1.165, 1.54) is 58.5 Å². The van der Waals surface area contributed by atoms with Gasteiger partial charge in [0.1, 0.15) is 5.75 Å². The van der Waals surface area contributed by atoms with Gasteiger partial charge in [0.05, 0.1) is 12.9 Å².